The standard InChI is InChI=1S/C37H58N8O8/c1-8-22(6)31(45-33(48)25(38)19-46)36(51)42-27(15-11-12-18-39-28-17-16-24-13-9-10-14-26(24)41-28)34(49)43-29(20(2)3)35(50)40-23(7)32(47)44-30(21(4)5)37(52)53/h9-10,13-14,16-17,20-23,25,27,29-31,46H,8,11-12,15,18-19,38H2,1-7H3,(H,39,41)(H,40,50)(H,42,51)(H,43,49)(H,44,47)(H,45,48)(H,52,53)/t22-,23-,25-,27-,29-,30-,31-/m0/s1. The van der Waals surface area contributed by atoms with E-state index in [1.807, 2.05) is 43.3 Å². The van der Waals surface area contributed by atoms with Crippen molar-refractivity contribution in [3.8, 4) is 0 Å². The fourth-order valence-corrected chi connectivity index (χ4v) is 5.38. The number of hydrogen-bond acceptors (Lipinski definition) is 10. The quantitative estimate of drug-likeness (QED) is 0.0770. The number of carboxylic acid groups (broad SMARTS) is 1. The first-order valence-electron chi connectivity index (χ1n) is 18.2. The van der Waals surface area contributed by atoms with Gasteiger partial charge in [-0.25, -0.2) is 9.78 Å². The molecule has 0 fully saturated rings. The summed E-state index contributed by atoms with van der Waals surface area (Å²) < 4.78 is 0. The first-order valence-corrected chi connectivity index (χ1v) is 18.2. The first-order chi connectivity index (χ1) is 25.0. The topological polar surface area (TPSA) is 254 Å². The molecule has 2 aromatic rings. The number of carboxylic acids is 1. The maximum Gasteiger partial charge on any atom is 0.326 e. The number of fused-ring (bicyclic) bond motifs is 1. The molecule has 1 aromatic heterocycles. The van der Waals surface area contributed by atoms with Gasteiger partial charge < -0.3 is 47.8 Å². The summed E-state index contributed by atoms with van der Waals surface area (Å²) in [6, 6.07) is 4.76. The zero-order valence-electron chi connectivity index (χ0n) is 31.8. The van der Waals surface area contributed by atoms with E-state index in [-0.39, 0.29) is 12.3 Å². The molecule has 0 saturated carbocycles. The van der Waals surface area contributed by atoms with Gasteiger partial charge in [-0.1, -0.05) is 66.2 Å². The highest BCUT2D eigenvalue weighted by molar-refractivity contribution is 5.96. The van der Waals surface area contributed by atoms with E-state index in [0.717, 1.165) is 10.9 Å². The third-order valence-corrected chi connectivity index (χ3v) is 9.01. The van der Waals surface area contributed by atoms with E-state index in [4.69, 9.17) is 5.73 Å². The SMILES string of the molecule is CC[C@H](C)[C@H](NC(=O)[C@@H](N)CO)C(=O)N[C@@H](CCCCNc1ccc2ccccc2n1)C(=O)N[C@H](C(=O)N[C@@H](C)C(=O)N[C@H](C(=O)O)C(C)C)C(C)C. The van der Waals surface area contributed by atoms with Crippen LogP contribution in [0.1, 0.15) is 74.1 Å². The van der Waals surface area contributed by atoms with E-state index < -0.39 is 90.2 Å². The van der Waals surface area contributed by atoms with Crippen LogP contribution in [0.3, 0.4) is 0 Å². The van der Waals surface area contributed by atoms with Crippen LogP contribution in [0.4, 0.5) is 5.82 Å². The Balaban J connectivity index is 2.21. The zero-order valence-corrected chi connectivity index (χ0v) is 31.8. The second kappa shape index (κ2) is 21.6. The maximum atomic E-state index is 13.8. The predicted molar refractivity (Wildman–Crippen MR) is 201 cm³/mol. The number of para-hydroxylation sites is 1. The molecule has 0 spiro atoms. The number of unbranched alkanes of at least 4 members (excludes halogenated alkanes) is 1. The van der Waals surface area contributed by atoms with E-state index in [1.54, 1.807) is 34.6 Å². The number of anilines is 1. The Labute approximate surface area is 311 Å². The predicted octanol–water partition coefficient (Wildman–Crippen LogP) is 1.02. The van der Waals surface area contributed by atoms with Crippen LogP contribution in [-0.2, 0) is 28.8 Å². The van der Waals surface area contributed by atoms with Gasteiger partial charge in [0.15, 0.2) is 0 Å². The number of nitrogens with two attached hydrogens (primary N) is 1. The van der Waals surface area contributed by atoms with Gasteiger partial charge in [0.2, 0.25) is 29.5 Å². The lowest BCUT2D eigenvalue weighted by atomic mass is 9.96. The number of amides is 5. The van der Waals surface area contributed by atoms with E-state index >= 15 is 0 Å². The van der Waals surface area contributed by atoms with Gasteiger partial charge in [-0.05, 0) is 62.1 Å². The van der Waals surface area contributed by atoms with Crippen molar-refractivity contribution in [3.05, 3.63) is 36.4 Å². The summed E-state index contributed by atoms with van der Waals surface area (Å²) >= 11 is 0. The number of aliphatic hydroxyl groups is 1. The summed E-state index contributed by atoms with van der Waals surface area (Å²) in [4.78, 5) is 82.4. The van der Waals surface area contributed by atoms with E-state index in [1.165, 1.54) is 6.92 Å². The molecule has 7 atom stereocenters. The lowest BCUT2D eigenvalue weighted by Crippen LogP contribution is -2.60. The Hall–Kier alpha value is -4.83. The van der Waals surface area contributed by atoms with Crippen LogP contribution in [0, 0.1) is 17.8 Å². The molecule has 5 amide bonds. The van der Waals surface area contributed by atoms with Crippen molar-refractivity contribution < 1.29 is 39.0 Å². The van der Waals surface area contributed by atoms with Crippen molar-refractivity contribution >= 4 is 52.2 Å². The van der Waals surface area contributed by atoms with Gasteiger partial charge >= 0.3 is 5.97 Å². The molecular formula is C37H58N8O8. The molecule has 10 N–H and O–H groups in total. The smallest absolute Gasteiger partial charge is 0.326 e. The number of benzene rings is 1. The molecule has 0 radical (unpaired) electrons. The fraction of sp³-hybridized carbons (Fsp3) is 0.595. The second-order valence-electron chi connectivity index (χ2n) is 14.1. The summed E-state index contributed by atoms with van der Waals surface area (Å²) in [5.41, 5.74) is 6.52. The Morgan fingerprint density at radius 3 is 1.92 bits per heavy atom. The third kappa shape index (κ3) is 13.9. The van der Waals surface area contributed by atoms with Crippen LogP contribution in [0.5, 0.6) is 0 Å². The minimum Gasteiger partial charge on any atom is -0.480 e. The molecule has 1 aromatic carbocycles. The Bertz CT molecular complexity index is 1550. The van der Waals surface area contributed by atoms with Crippen molar-refractivity contribution in [3.63, 3.8) is 0 Å². The summed E-state index contributed by atoms with van der Waals surface area (Å²) in [7, 11) is 0. The highest BCUT2D eigenvalue weighted by atomic mass is 16.4. The lowest BCUT2D eigenvalue weighted by molar-refractivity contribution is -0.143. The number of carbonyl (C=O) groups is 6. The fourth-order valence-electron chi connectivity index (χ4n) is 5.38. The second-order valence-corrected chi connectivity index (χ2v) is 14.1. The molecule has 16 nitrogen and oxygen atoms in total. The first kappa shape index (κ1) is 44.3. The number of aliphatic hydroxyl groups excluding tert-OH is 1. The van der Waals surface area contributed by atoms with Crippen LogP contribution < -0.4 is 37.6 Å². The highest BCUT2D eigenvalue weighted by Crippen LogP contribution is 2.15. The van der Waals surface area contributed by atoms with Gasteiger partial charge in [0.1, 0.15) is 42.1 Å². The third-order valence-electron chi connectivity index (χ3n) is 9.01. The van der Waals surface area contributed by atoms with Gasteiger partial charge in [-0.3, -0.25) is 24.0 Å². The van der Waals surface area contributed by atoms with Gasteiger partial charge in [0.25, 0.3) is 0 Å². The van der Waals surface area contributed by atoms with Crippen LogP contribution in [-0.4, -0.2) is 100 Å². The molecule has 0 saturated heterocycles. The summed E-state index contributed by atoms with van der Waals surface area (Å²) in [5, 5.41) is 36.1. The normalized spacial score (nSPS) is 15.3. The summed E-state index contributed by atoms with van der Waals surface area (Å²) in [6.45, 7) is 11.6. The zero-order chi connectivity index (χ0) is 39.8. The van der Waals surface area contributed by atoms with Crippen molar-refractivity contribution in [2.24, 2.45) is 23.5 Å². The van der Waals surface area contributed by atoms with Crippen LogP contribution >= 0.6 is 0 Å². The number of carbonyl (C=O) groups excluding carboxylic acids is 5. The minimum absolute atomic E-state index is 0.179. The van der Waals surface area contributed by atoms with Gasteiger partial charge in [0.05, 0.1) is 12.1 Å². The average molecular weight is 743 g/mol. The van der Waals surface area contributed by atoms with Crippen molar-refractivity contribution in [2.75, 3.05) is 18.5 Å². The molecule has 0 unspecified atom stereocenters. The number of nitrogens with one attached hydrogen (secondary N) is 6. The van der Waals surface area contributed by atoms with E-state index in [0.29, 0.717) is 31.6 Å². The van der Waals surface area contributed by atoms with Crippen LogP contribution in [0.2, 0.25) is 0 Å². The van der Waals surface area contributed by atoms with Gasteiger partial charge in [-0.2, -0.15) is 0 Å². The van der Waals surface area contributed by atoms with Gasteiger partial charge in [0, 0.05) is 11.9 Å². The summed E-state index contributed by atoms with van der Waals surface area (Å²) in [6.07, 6.45) is 1.76. The Morgan fingerprint density at radius 2 is 1.32 bits per heavy atom. The minimum atomic E-state index is -1.24. The molecule has 0 aliphatic carbocycles. The monoisotopic (exact) mass is 742 g/mol. The number of pyridine rings is 1. The van der Waals surface area contributed by atoms with Crippen molar-refractivity contribution in [1.82, 2.24) is 31.6 Å². The molecular weight excluding hydrogens is 684 g/mol. The Kier molecular flexibility index (Phi) is 18.1. The van der Waals surface area contributed by atoms with E-state index in [2.05, 4.69) is 36.9 Å². The maximum absolute atomic E-state index is 13.8. The summed E-state index contributed by atoms with van der Waals surface area (Å²) in [5.74, 6) is -5.11. The number of aromatic nitrogens is 1. The average Bonchev–Trinajstić information content (AvgIpc) is 3.12. The molecule has 0 bridgehead atoms. The molecule has 16 heteroatoms. The number of aliphatic carboxylic acids is 1. The number of rotatable bonds is 22. The number of nitrogens with zero attached hydrogens (tertiary/aromatic N) is 1. The number of hydrogen-bond donors (Lipinski definition) is 9. The largest absolute Gasteiger partial charge is 0.480 e. The van der Waals surface area contributed by atoms with Crippen LogP contribution in [0.25, 0.3) is 10.9 Å². The molecule has 2 rings (SSSR count). The van der Waals surface area contributed by atoms with Crippen molar-refractivity contribution in [2.45, 2.75) is 110 Å². The van der Waals surface area contributed by atoms with E-state index in [9.17, 15) is 39.0 Å². The molecule has 1 heterocycles. The van der Waals surface area contributed by atoms with Crippen LogP contribution in [0.15, 0.2) is 36.4 Å². The molecule has 294 valence electrons. The lowest BCUT2D eigenvalue weighted by Gasteiger charge is -2.29. The molecule has 0 aliphatic heterocycles. The highest BCUT2D eigenvalue weighted by Gasteiger charge is 2.34. The molecule has 0 aliphatic rings. The van der Waals surface area contributed by atoms with Gasteiger partial charge in [-0.15, -0.1) is 0 Å². The van der Waals surface area contributed by atoms with Crippen molar-refractivity contribution in [1.29, 1.82) is 0 Å². The Morgan fingerprint density at radius 1 is 0.717 bits per heavy atom. The molecule has 53 heavy (non-hydrogen) atoms.